The van der Waals surface area contributed by atoms with E-state index in [4.69, 9.17) is 5.73 Å². The molecule has 4 heteroatoms. The molecule has 0 aromatic rings. The van der Waals surface area contributed by atoms with Crippen LogP contribution < -0.4 is 11.2 Å². The van der Waals surface area contributed by atoms with E-state index in [0.29, 0.717) is 5.92 Å². The molecular formula is C8H13N3O. The van der Waals surface area contributed by atoms with Gasteiger partial charge in [-0.1, -0.05) is 0 Å². The van der Waals surface area contributed by atoms with E-state index in [1.807, 2.05) is 0 Å². The molecule has 0 saturated heterocycles. The number of hydrogen-bond acceptors (Lipinski definition) is 2. The lowest BCUT2D eigenvalue weighted by atomic mass is 9.64. The maximum absolute atomic E-state index is 10.4. The number of hydrazone groups is 1. The van der Waals surface area contributed by atoms with E-state index < -0.39 is 6.03 Å². The molecule has 12 heavy (non-hydrogen) atoms. The summed E-state index contributed by atoms with van der Waals surface area (Å²) >= 11 is 0. The van der Waals surface area contributed by atoms with Crippen molar-refractivity contribution in [3.63, 3.8) is 0 Å². The third kappa shape index (κ3) is 1.29. The molecule has 0 spiro atoms. The largest absolute Gasteiger partial charge is 0.350 e. The second-order valence-corrected chi connectivity index (χ2v) is 3.65. The van der Waals surface area contributed by atoms with Crippen LogP contribution in [0.25, 0.3) is 0 Å². The fourth-order valence-electron chi connectivity index (χ4n) is 2.07. The fourth-order valence-corrected chi connectivity index (χ4v) is 2.07. The summed E-state index contributed by atoms with van der Waals surface area (Å²) in [4.78, 5) is 10.4. The number of urea groups is 1. The number of fused-ring (bicyclic) bond motifs is 2. The van der Waals surface area contributed by atoms with Crippen molar-refractivity contribution in [2.45, 2.75) is 25.7 Å². The van der Waals surface area contributed by atoms with Gasteiger partial charge in [-0.25, -0.2) is 10.2 Å². The van der Waals surface area contributed by atoms with Gasteiger partial charge in [-0.05, 0) is 37.5 Å². The minimum Gasteiger partial charge on any atom is -0.350 e. The second kappa shape index (κ2) is 2.77. The maximum atomic E-state index is 10.4. The van der Waals surface area contributed by atoms with Gasteiger partial charge in [0.1, 0.15) is 0 Å². The third-order valence-corrected chi connectivity index (χ3v) is 2.83. The molecule has 0 aromatic heterocycles. The molecule has 4 nitrogen and oxygen atoms in total. The molecule has 3 N–H and O–H groups in total. The highest BCUT2D eigenvalue weighted by molar-refractivity contribution is 5.89. The van der Waals surface area contributed by atoms with Crippen LogP contribution in [0.15, 0.2) is 5.10 Å². The molecule has 0 heterocycles. The van der Waals surface area contributed by atoms with Crippen molar-refractivity contribution in [3.05, 3.63) is 0 Å². The fraction of sp³-hybridized carbons (Fsp3) is 0.750. The van der Waals surface area contributed by atoms with Gasteiger partial charge in [0.2, 0.25) is 0 Å². The van der Waals surface area contributed by atoms with Crippen LogP contribution in [0.2, 0.25) is 0 Å². The first-order valence-electron chi connectivity index (χ1n) is 4.37. The van der Waals surface area contributed by atoms with Crippen molar-refractivity contribution in [3.8, 4) is 0 Å². The van der Waals surface area contributed by atoms with Gasteiger partial charge < -0.3 is 5.73 Å². The average Bonchev–Trinajstić information content (AvgIpc) is 2.00. The Morgan fingerprint density at radius 2 is 2.33 bits per heavy atom. The summed E-state index contributed by atoms with van der Waals surface area (Å²) in [6.45, 7) is 0. The van der Waals surface area contributed by atoms with E-state index in [1.54, 1.807) is 0 Å². The van der Waals surface area contributed by atoms with E-state index in [1.165, 1.54) is 19.3 Å². The number of nitrogens with zero attached hydrogens (tertiary/aromatic N) is 1. The topological polar surface area (TPSA) is 67.5 Å². The predicted octanol–water partition coefficient (Wildman–Crippen LogP) is 0.831. The summed E-state index contributed by atoms with van der Waals surface area (Å²) < 4.78 is 0. The lowest BCUT2D eigenvalue weighted by Crippen LogP contribution is -2.38. The van der Waals surface area contributed by atoms with Crippen LogP contribution in [0, 0.1) is 11.8 Å². The van der Waals surface area contributed by atoms with Crippen LogP contribution in [0.1, 0.15) is 25.7 Å². The Morgan fingerprint density at radius 1 is 1.58 bits per heavy atom. The molecule has 0 aliphatic heterocycles. The van der Waals surface area contributed by atoms with Gasteiger partial charge in [0.15, 0.2) is 0 Å². The molecular weight excluding hydrogens is 154 g/mol. The van der Waals surface area contributed by atoms with E-state index in [-0.39, 0.29) is 0 Å². The molecule has 3 saturated carbocycles. The summed E-state index contributed by atoms with van der Waals surface area (Å²) in [5, 5.41) is 3.99. The highest BCUT2D eigenvalue weighted by Crippen LogP contribution is 2.43. The van der Waals surface area contributed by atoms with Crippen molar-refractivity contribution in [1.82, 2.24) is 5.43 Å². The molecule has 3 aliphatic carbocycles. The molecule has 2 amide bonds. The van der Waals surface area contributed by atoms with Gasteiger partial charge >= 0.3 is 6.03 Å². The minimum absolute atomic E-state index is 0.566. The van der Waals surface area contributed by atoms with Gasteiger partial charge in [-0.15, -0.1) is 0 Å². The summed E-state index contributed by atoms with van der Waals surface area (Å²) in [6.07, 6.45) is 4.80. The highest BCUT2D eigenvalue weighted by Gasteiger charge is 2.37. The molecule has 0 atom stereocenters. The molecule has 3 aliphatic rings. The summed E-state index contributed by atoms with van der Waals surface area (Å²) in [5.74, 6) is 1.57. The molecule has 66 valence electrons. The Morgan fingerprint density at radius 3 is 2.83 bits per heavy atom. The second-order valence-electron chi connectivity index (χ2n) is 3.65. The van der Waals surface area contributed by atoms with Crippen molar-refractivity contribution in [2.24, 2.45) is 22.7 Å². The molecule has 0 unspecified atom stereocenters. The standard InChI is InChI=1S/C8H13N3O/c9-8(12)11-10-7-2-1-5-3-6(7)4-5/h5-6H,1-4H2,(H3,9,11,12). The Bertz CT molecular complexity index is 228. The van der Waals surface area contributed by atoms with Gasteiger partial charge in [-0.2, -0.15) is 5.10 Å². The summed E-state index contributed by atoms with van der Waals surface area (Å²) in [5.41, 5.74) is 8.34. The first-order chi connectivity index (χ1) is 5.75. The number of amides is 2. The smallest absolute Gasteiger partial charge is 0.332 e. The molecule has 0 aromatic carbocycles. The first kappa shape index (κ1) is 7.58. The third-order valence-electron chi connectivity index (χ3n) is 2.83. The zero-order valence-electron chi connectivity index (χ0n) is 6.92. The number of carbonyl (C=O) groups excluding carboxylic acids is 1. The van der Waals surface area contributed by atoms with E-state index in [2.05, 4.69) is 10.5 Å². The Hall–Kier alpha value is -1.06. The molecule has 0 radical (unpaired) electrons. The van der Waals surface area contributed by atoms with Gasteiger partial charge in [0, 0.05) is 5.71 Å². The molecule has 3 fully saturated rings. The van der Waals surface area contributed by atoms with Gasteiger partial charge in [-0.3, -0.25) is 0 Å². The Labute approximate surface area is 71.2 Å². The normalized spacial score (nSPS) is 35.8. The quantitative estimate of drug-likeness (QED) is 0.558. The highest BCUT2D eigenvalue weighted by atomic mass is 16.2. The zero-order valence-corrected chi connectivity index (χ0v) is 6.92. The average molecular weight is 167 g/mol. The van der Waals surface area contributed by atoms with Crippen molar-refractivity contribution < 1.29 is 4.79 Å². The van der Waals surface area contributed by atoms with Crippen LogP contribution in [-0.2, 0) is 0 Å². The summed E-state index contributed by atoms with van der Waals surface area (Å²) in [6, 6.07) is -0.566. The van der Waals surface area contributed by atoms with Crippen LogP contribution >= 0.6 is 0 Å². The first-order valence-corrected chi connectivity index (χ1v) is 4.37. The molecule has 3 rings (SSSR count). The van der Waals surface area contributed by atoms with Crippen molar-refractivity contribution >= 4 is 11.7 Å². The Balaban J connectivity index is 1.93. The molecule has 2 bridgehead atoms. The van der Waals surface area contributed by atoms with E-state index in [0.717, 1.165) is 18.1 Å². The number of rotatable bonds is 1. The zero-order chi connectivity index (χ0) is 8.55. The number of nitrogens with one attached hydrogen (secondary N) is 1. The van der Waals surface area contributed by atoms with Crippen LogP contribution in [-0.4, -0.2) is 11.7 Å². The monoisotopic (exact) mass is 167 g/mol. The van der Waals surface area contributed by atoms with Gasteiger partial charge in [0.05, 0.1) is 0 Å². The van der Waals surface area contributed by atoms with E-state index in [9.17, 15) is 4.79 Å². The Kier molecular flexibility index (Phi) is 1.75. The van der Waals surface area contributed by atoms with Crippen molar-refractivity contribution in [1.29, 1.82) is 0 Å². The number of nitrogens with two attached hydrogens (primary N) is 1. The number of primary amides is 1. The van der Waals surface area contributed by atoms with Crippen LogP contribution in [0.5, 0.6) is 0 Å². The number of carbonyl (C=O) groups is 1. The van der Waals surface area contributed by atoms with Crippen LogP contribution in [0.3, 0.4) is 0 Å². The number of hydrogen-bond donors (Lipinski definition) is 2. The SMILES string of the molecule is NC(=O)NN=C1CCC2CC1C2. The summed E-state index contributed by atoms with van der Waals surface area (Å²) in [7, 11) is 0. The lowest BCUT2D eigenvalue weighted by molar-refractivity contribution is 0.213. The minimum atomic E-state index is -0.566. The predicted molar refractivity (Wildman–Crippen MR) is 45.6 cm³/mol. The van der Waals surface area contributed by atoms with Crippen LogP contribution in [0.4, 0.5) is 4.79 Å². The van der Waals surface area contributed by atoms with Crippen molar-refractivity contribution in [2.75, 3.05) is 0 Å². The maximum Gasteiger partial charge on any atom is 0.332 e. The lowest BCUT2D eigenvalue weighted by Gasteiger charge is -2.41. The van der Waals surface area contributed by atoms with E-state index >= 15 is 0 Å². The van der Waals surface area contributed by atoms with Gasteiger partial charge in [0.25, 0.3) is 0 Å².